The Hall–Kier alpha value is -1.86. The van der Waals surface area contributed by atoms with Crippen LogP contribution in [0.15, 0.2) is 36.4 Å². The zero-order valence-electron chi connectivity index (χ0n) is 11.7. The molecule has 0 saturated carbocycles. The molecule has 1 amide bonds. The summed E-state index contributed by atoms with van der Waals surface area (Å²) in [6, 6.07) is 8.29. The van der Waals surface area contributed by atoms with Crippen LogP contribution in [0.3, 0.4) is 0 Å². The molecule has 5 nitrogen and oxygen atoms in total. The highest BCUT2D eigenvalue weighted by atomic mass is 35.5. The molecule has 2 N–H and O–H groups in total. The minimum absolute atomic E-state index is 0.0802. The number of rotatable bonds is 3. The SMILES string of the molecule is O=C([O-])c1ccc(Cl)c(NC(=S)NC(=O)c2ccc(Cl)cc2Cl)c1. The van der Waals surface area contributed by atoms with Crippen molar-refractivity contribution in [1.29, 1.82) is 0 Å². The monoisotopic (exact) mass is 401 g/mol. The first-order valence-electron chi connectivity index (χ1n) is 6.36. The van der Waals surface area contributed by atoms with Crippen molar-refractivity contribution in [3.63, 3.8) is 0 Å². The third-order valence-corrected chi connectivity index (χ3v) is 3.93. The van der Waals surface area contributed by atoms with E-state index < -0.39 is 11.9 Å². The number of benzene rings is 2. The first-order valence-corrected chi connectivity index (χ1v) is 7.90. The molecule has 2 rings (SSSR count). The molecule has 0 fully saturated rings. The van der Waals surface area contributed by atoms with Crippen LogP contribution in [0.2, 0.25) is 15.1 Å². The van der Waals surface area contributed by atoms with Gasteiger partial charge < -0.3 is 15.2 Å². The van der Waals surface area contributed by atoms with E-state index in [1.165, 1.54) is 36.4 Å². The average Bonchev–Trinajstić information content (AvgIpc) is 2.48. The number of hydrogen-bond acceptors (Lipinski definition) is 4. The molecule has 24 heavy (non-hydrogen) atoms. The standard InChI is InChI=1S/C15H9Cl3N2O3S/c16-8-2-3-9(11(18)6-8)13(21)20-15(24)19-12-5-7(14(22)23)1-4-10(12)17/h1-6H,(H,22,23)(H2,19,20,21,24)/p-1. The summed E-state index contributed by atoms with van der Waals surface area (Å²) in [5.74, 6) is -1.92. The van der Waals surface area contributed by atoms with Crippen molar-refractivity contribution in [1.82, 2.24) is 5.32 Å². The molecule has 0 aromatic heterocycles. The second-order valence-electron chi connectivity index (χ2n) is 4.51. The second-order valence-corrected chi connectivity index (χ2v) is 6.17. The summed E-state index contributed by atoms with van der Waals surface area (Å²) in [6.07, 6.45) is 0. The predicted octanol–water partition coefficient (Wildman–Crippen LogP) is 3.14. The van der Waals surface area contributed by atoms with Gasteiger partial charge in [-0.1, -0.05) is 40.9 Å². The number of halogens is 3. The minimum atomic E-state index is -1.36. The Morgan fingerprint density at radius 3 is 2.33 bits per heavy atom. The lowest BCUT2D eigenvalue weighted by Gasteiger charge is -2.13. The van der Waals surface area contributed by atoms with E-state index in [1.54, 1.807) is 0 Å². The number of amides is 1. The summed E-state index contributed by atoms with van der Waals surface area (Å²) >= 11 is 22.7. The van der Waals surface area contributed by atoms with Gasteiger partial charge in [0.05, 0.1) is 27.3 Å². The van der Waals surface area contributed by atoms with Crippen molar-refractivity contribution < 1.29 is 14.7 Å². The van der Waals surface area contributed by atoms with Crippen LogP contribution >= 0.6 is 47.0 Å². The Balaban J connectivity index is 2.12. The maximum absolute atomic E-state index is 12.1. The number of carbonyl (C=O) groups excluding carboxylic acids is 2. The smallest absolute Gasteiger partial charge is 0.258 e. The third kappa shape index (κ3) is 4.58. The van der Waals surface area contributed by atoms with Crippen molar-refractivity contribution >= 4 is 69.7 Å². The molecule has 0 aliphatic rings. The molecule has 124 valence electrons. The fourth-order valence-corrected chi connectivity index (χ4v) is 2.61. The lowest BCUT2D eigenvalue weighted by Crippen LogP contribution is -2.34. The van der Waals surface area contributed by atoms with Gasteiger partial charge in [0, 0.05) is 5.02 Å². The molecule has 2 aromatic rings. The molecule has 9 heteroatoms. The van der Waals surface area contributed by atoms with Gasteiger partial charge in [0.2, 0.25) is 0 Å². The number of carboxylic acid groups (broad SMARTS) is 1. The predicted molar refractivity (Wildman–Crippen MR) is 95.9 cm³/mol. The molecule has 0 unspecified atom stereocenters. The van der Waals surface area contributed by atoms with Gasteiger partial charge in [-0.05, 0) is 48.1 Å². The number of aromatic carboxylic acids is 1. The van der Waals surface area contributed by atoms with Crippen LogP contribution in [-0.2, 0) is 0 Å². The van der Waals surface area contributed by atoms with Crippen molar-refractivity contribution in [2.45, 2.75) is 0 Å². The molecule has 0 saturated heterocycles. The number of hydrogen-bond donors (Lipinski definition) is 2. The summed E-state index contributed by atoms with van der Waals surface area (Å²) in [7, 11) is 0. The first-order chi connectivity index (χ1) is 11.3. The van der Waals surface area contributed by atoms with E-state index in [-0.39, 0.29) is 32.0 Å². The normalized spacial score (nSPS) is 10.1. The summed E-state index contributed by atoms with van der Waals surface area (Å²) in [5.41, 5.74) is 0.308. The lowest BCUT2D eigenvalue weighted by molar-refractivity contribution is -0.255. The van der Waals surface area contributed by atoms with Crippen LogP contribution < -0.4 is 15.7 Å². The largest absolute Gasteiger partial charge is 0.545 e. The van der Waals surface area contributed by atoms with Gasteiger partial charge in [-0.15, -0.1) is 0 Å². The number of carboxylic acids is 1. The minimum Gasteiger partial charge on any atom is -0.545 e. The number of nitrogens with one attached hydrogen (secondary N) is 2. The van der Waals surface area contributed by atoms with Crippen LogP contribution in [0.4, 0.5) is 5.69 Å². The molecule has 0 spiro atoms. The van der Waals surface area contributed by atoms with E-state index in [0.29, 0.717) is 5.02 Å². The van der Waals surface area contributed by atoms with Crippen LogP contribution in [0.25, 0.3) is 0 Å². The Morgan fingerprint density at radius 2 is 1.71 bits per heavy atom. The molecule has 0 heterocycles. The van der Waals surface area contributed by atoms with Crippen LogP contribution in [0, 0.1) is 0 Å². The van der Waals surface area contributed by atoms with Crippen LogP contribution in [-0.4, -0.2) is 17.0 Å². The Bertz CT molecular complexity index is 843. The van der Waals surface area contributed by atoms with Gasteiger partial charge in [0.25, 0.3) is 5.91 Å². The molecular weight excluding hydrogens is 395 g/mol. The molecule has 0 aliphatic heterocycles. The quantitative estimate of drug-likeness (QED) is 0.771. The van der Waals surface area contributed by atoms with Gasteiger partial charge >= 0.3 is 0 Å². The van der Waals surface area contributed by atoms with E-state index in [9.17, 15) is 14.7 Å². The van der Waals surface area contributed by atoms with E-state index in [4.69, 9.17) is 47.0 Å². The highest BCUT2D eigenvalue weighted by Crippen LogP contribution is 2.23. The number of carbonyl (C=O) groups is 2. The average molecular weight is 403 g/mol. The molecule has 0 atom stereocenters. The molecule has 0 radical (unpaired) electrons. The zero-order chi connectivity index (χ0) is 17.9. The summed E-state index contributed by atoms with van der Waals surface area (Å²) in [4.78, 5) is 23.0. The Labute approximate surface area is 157 Å². The molecular formula is C15H8Cl3N2O3S-. The fraction of sp³-hybridized carbons (Fsp3) is 0. The zero-order valence-corrected chi connectivity index (χ0v) is 14.8. The van der Waals surface area contributed by atoms with E-state index >= 15 is 0 Å². The second kappa shape index (κ2) is 7.81. The third-order valence-electron chi connectivity index (χ3n) is 2.85. The van der Waals surface area contributed by atoms with Crippen molar-refractivity contribution in [2.24, 2.45) is 0 Å². The van der Waals surface area contributed by atoms with Gasteiger partial charge in [-0.3, -0.25) is 10.1 Å². The number of anilines is 1. The van der Waals surface area contributed by atoms with Gasteiger partial charge in [0.15, 0.2) is 5.11 Å². The molecule has 0 aliphatic carbocycles. The van der Waals surface area contributed by atoms with Gasteiger partial charge in [-0.25, -0.2) is 0 Å². The van der Waals surface area contributed by atoms with Crippen molar-refractivity contribution in [3.8, 4) is 0 Å². The van der Waals surface area contributed by atoms with Crippen LogP contribution in [0.1, 0.15) is 20.7 Å². The van der Waals surface area contributed by atoms with Crippen LogP contribution in [0.5, 0.6) is 0 Å². The topological polar surface area (TPSA) is 81.3 Å². The highest BCUT2D eigenvalue weighted by molar-refractivity contribution is 7.80. The van der Waals surface area contributed by atoms with E-state index in [0.717, 1.165) is 0 Å². The van der Waals surface area contributed by atoms with Crippen molar-refractivity contribution in [2.75, 3.05) is 5.32 Å². The first kappa shape index (κ1) is 18.5. The van der Waals surface area contributed by atoms with E-state index in [1.807, 2.05) is 0 Å². The highest BCUT2D eigenvalue weighted by Gasteiger charge is 2.13. The van der Waals surface area contributed by atoms with E-state index in [2.05, 4.69) is 10.6 Å². The Kier molecular flexibility index (Phi) is 6.01. The lowest BCUT2D eigenvalue weighted by atomic mass is 10.2. The number of thiocarbonyl (C=S) groups is 1. The summed E-state index contributed by atoms with van der Waals surface area (Å²) in [6.45, 7) is 0. The summed E-state index contributed by atoms with van der Waals surface area (Å²) < 4.78 is 0. The maximum atomic E-state index is 12.1. The maximum Gasteiger partial charge on any atom is 0.258 e. The fourth-order valence-electron chi connectivity index (χ4n) is 1.75. The molecule has 0 bridgehead atoms. The van der Waals surface area contributed by atoms with Crippen molar-refractivity contribution in [3.05, 3.63) is 62.6 Å². The molecule has 2 aromatic carbocycles. The summed E-state index contributed by atoms with van der Waals surface area (Å²) in [5, 5.41) is 16.6. The van der Waals surface area contributed by atoms with Gasteiger partial charge in [-0.2, -0.15) is 0 Å². The Morgan fingerprint density at radius 1 is 1.00 bits per heavy atom. The van der Waals surface area contributed by atoms with Gasteiger partial charge in [0.1, 0.15) is 0 Å².